The Hall–Kier alpha value is -1.55. The molecule has 0 bridgehead atoms. The van der Waals surface area contributed by atoms with Gasteiger partial charge >= 0.3 is 0 Å². The Morgan fingerprint density at radius 1 is 1.23 bits per heavy atom. The summed E-state index contributed by atoms with van der Waals surface area (Å²) in [5, 5.41) is 10.1. The molecule has 1 aromatic carbocycles. The average molecular weight is 323 g/mol. The van der Waals surface area contributed by atoms with Gasteiger partial charge in [0.15, 0.2) is 0 Å². The third-order valence-corrected chi connectivity index (χ3v) is 5.40. The van der Waals surface area contributed by atoms with E-state index in [-0.39, 0.29) is 17.5 Å². The lowest BCUT2D eigenvalue weighted by Gasteiger charge is -2.28. The molecule has 0 aliphatic heterocycles. The summed E-state index contributed by atoms with van der Waals surface area (Å²) in [4.78, 5) is 0.0644. The van der Waals surface area contributed by atoms with Crippen molar-refractivity contribution in [2.75, 3.05) is 6.61 Å². The highest BCUT2D eigenvalue weighted by Gasteiger charge is 2.31. The lowest BCUT2D eigenvalue weighted by atomic mass is 9.96. The third-order valence-electron chi connectivity index (χ3n) is 3.74. The first kappa shape index (κ1) is 16.8. The molecule has 1 saturated carbocycles. The highest BCUT2D eigenvalue weighted by atomic mass is 32.2. The normalized spacial score (nSPS) is 16.1. The minimum absolute atomic E-state index is 0.0644. The minimum atomic E-state index is -3.88. The first-order valence-electron chi connectivity index (χ1n) is 7.41. The van der Waals surface area contributed by atoms with Gasteiger partial charge in [-0.1, -0.05) is 29.7 Å². The van der Waals surface area contributed by atoms with Gasteiger partial charge in [0.25, 0.3) is 10.0 Å². The van der Waals surface area contributed by atoms with Gasteiger partial charge < -0.3 is 4.74 Å². The summed E-state index contributed by atoms with van der Waals surface area (Å²) in [6, 6.07) is 5.69. The molecule has 1 aliphatic rings. The highest BCUT2D eigenvalue weighted by molar-refractivity contribution is 7.89. The summed E-state index contributed by atoms with van der Waals surface area (Å²) < 4.78 is 30.7. The molecule has 0 spiro atoms. The molecule has 2 rings (SSSR count). The zero-order valence-electron chi connectivity index (χ0n) is 12.7. The fourth-order valence-electron chi connectivity index (χ4n) is 2.51. The lowest BCUT2D eigenvalue weighted by Crippen LogP contribution is -2.38. The van der Waals surface area contributed by atoms with Crippen LogP contribution in [0.1, 0.15) is 39.0 Å². The van der Waals surface area contributed by atoms with E-state index in [9.17, 15) is 13.6 Å². The standard InChI is InChI=1S/C16H21NO4S/c1-2-3-13-21-15-9-11-16(12-10-15)22(19,20)17(18)14-7-5-4-6-8-14/h9-12,14,18H,4-8,13H2,1H3. The average Bonchev–Trinajstić information content (AvgIpc) is 2.55. The Kier molecular flexibility index (Phi) is 5.83. The largest absolute Gasteiger partial charge is 0.481 e. The van der Waals surface area contributed by atoms with E-state index in [4.69, 9.17) is 4.74 Å². The van der Waals surface area contributed by atoms with E-state index in [2.05, 4.69) is 11.8 Å². The van der Waals surface area contributed by atoms with Crippen LogP contribution in [0.3, 0.4) is 0 Å². The summed E-state index contributed by atoms with van der Waals surface area (Å²) >= 11 is 0. The number of ether oxygens (including phenoxy) is 1. The van der Waals surface area contributed by atoms with Crippen molar-refractivity contribution in [2.45, 2.75) is 50.0 Å². The topological polar surface area (TPSA) is 66.8 Å². The smallest absolute Gasteiger partial charge is 0.265 e. The van der Waals surface area contributed by atoms with E-state index < -0.39 is 10.0 Å². The van der Waals surface area contributed by atoms with Crippen molar-refractivity contribution in [3.8, 4) is 17.6 Å². The van der Waals surface area contributed by atoms with Crippen LogP contribution in [0.5, 0.6) is 5.75 Å². The van der Waals surface area contributed by atoms with Crippen molar-refractivity contribution in [3.05, 3.63) is 24.3 Å². The number of hydroxylamine groups is 1. The fourth-order valence-corrected chi connectivity index (χ4v) is 3.80. The highest BCUT2D eigenvalue weighted by Crippen LogP contribution is 2.27. The molecular formula is C16H21NO4S. The summed E-state index contributed by atoms with van der Waals surface area (Å²) in [5.74, 6) is 6.02. The lowest BCUT2D eigenvalue weighted by molar-refractivity contribution is -0.0467. The Morgan fingerprint density at radius 3 is 2.45 bits per heavy atom. The van der Waals surface area contributed by atoms with E-state index in [0.29, 0.717) is 23.1 Å². The van der Waals surface area contributed by atoms with Crippen molar-refractivity contribution < 1.29 is 18.4 Å². The van der Waals surface area contributed by atoms with Gasteiger partial charge in [-0.3, -0.25) is 5.21 Å². The van der Waals surface area contributed by atoms with E-state index in [0.717, 1.165) is 19.3 Å². The second-order valence-electron chi connectivity index (χ2n) is 5.26. The number of benzene rings is 1. The quantitative estimate of drug-likeness (QED) is 0.668. The van der Waals surface area contributed by atoms with Gasteiger partial charge in [-0.25, -0.2) is 8.42 Å². The van der Waals surface area contributed by atoms with Crippen molar-refractivity contribution in [1.82, 2.24) is 4.47 Å². The van der Waals surface area contributed by atoms with Crippen molar-refractivity contribution in [1.29, 1.82) is 0 Å². The van der Waals surface area contributed by atoms with Crippen molar-refractivity contribution in [3.63, 3.8) is 0 Å². The van der Waals surface area contributed by atoms with Crippen LogP contribution >= 0.6 is 0 Å². The second kappa shape index (κ2) is 7.63. The van der Waals surface area contributed by atoms with E-state index in [1.165, 1.54) is 12.1 Å². The monoisotopic (exact) mass is 323 g/mol. The molecule has 22 heavy (non-hydrogen) atoms. The molecule has 0 saturated heterocycles. The zero-order valence-corrected chi connectivity index (χ0v) is 13.5. The molecule has 0 aromatic heterocycles. The molecule has 0 heterocycles. The van der Waals surface area contributed by atoms with Crippen LogP contribution in [-0.2, 0) is 10.0 Å². The Balaban J connectivity index is 2.09. The van der Waals surface area contributed by atoms with Gasteiger partial charge in [0.2, 0.25) is 0 Å². The molecule has 0 atom stereocenters. The molecule has 1 aromatic rings. The van der Waals surface area contributed by atoms with Crippen LogP contribution in [0.2, 0.25) is 0 Å². The first-order chi connectivity index (χ1) is 10.6. The van der Waals surface area contributed by atoms with E-state index in [1.807, 2.05) is 0 Å². The van der Waals surface area contributed by atoms with Gasteiger partial charge in [0.05, 0.1) is 10.9 Å². The molecule has 1 fully saturated rings. The Morgan fingerprint density at radius 2 is 1.86 bits per heavy atom. The van der Waals surface area contributed by atoms with Crippen LogP contribution in [0.25, 0.3) is 0 Å². The molecule has 0 amide bonds. The molecule has 0 unspecified atom stereocenters. The first-order valence-corrected chi connectivity index (χ1v) is 8.85. The fraction of sp³-hybridized carbons (Fsp3) is 0.500. The van der Waals surface area contributed by atoms with E-state index >= 15 is 0 Å². The predicted octanol–water partition coefficient (Wildman–Crippen LogP) is 2.80. The summed E-state index contributed by atoms with van der Waals surface area (Å²) in [7, 11) is -3.88. The van der Waals surface area contributed by atoms with Crippen LogP contribution < -0.4 is 4.74 Å². The second-order valence-corrected chi connectivity index (χ2v) is 7.05. The van der Waals surface area contributed by atoms with E-state index in [1.54, 1.807) is 19.1 Å². The van der Waals surface area contributed by atoms with Crippen LogP contribution in [0, 0.1) is 11.8 Å². The van der Waals surface area contributed by atoms with Gasteiger partial charge in [0, 0.05) is 0 Å². The Labute approximate surface area is 131 Å². The SMILES string of the molecule is CC#CCOc1ccc(S(=O)(=O)N(O)C2CCCCC2)cc1. The maximum atomic E-state index is 12.4. The number of rotatable bonds is 5. The van der Waals surface area contributed by atoms with Gasteiger partial charge in [-0.05, 0) is 44.0 Å². The molecular weight excluding hydrogens is 302 g/mol. The van der Waals surface area contributed by atoms with Crippen molar-refractivity contribution >= 4 is 10.0 Å². The van der Waals surface area contributed by atoms with Gasteiger partial charge in [-0.2, -0.15) is 0 Å². The molecule has 0 radical (unpaired) electrons. The number of hydrogen-bond donors (Lipinski definition) is 1. The van der Waals surface area contributed by atoms with Crippen LogP contribution in [-0.4, -0.2) is 30.7 Å². The molecule has 6 heteroatoms. The van der Waals surface area contributed by atoms with Gasteiger partial charge in [0.1, 0.15) is 12.4 Å². The molecule has 120 valence electrons. The van der Waals surface area contributed by atoms with Crippen LogP contribution in [0.4, 0.5) is 0 Å². The number of sulfonamides is 1. The number of nitrogens with zero attached hydrogens (tertiary/aromatic N) is 1. The molecule has 5 nitrogen and oxygen atoms in total. The van der Waals surface area contributed by atoms with Crippen LogP contribution in [0.15, 0.2) is 29.2 Å². The third kappa shape index (κ3) is 4.01. The zero-order chi connectivity index (χ0) is 16.0. The summed E-state index contributed by atoms with van der Waals surface area (Å²) in [6.07, 6.45) is 4.39. The minimum Gasteiger partial charge on any atom is -0.481 e. The maximum absolute atomic E-state index is 12.4. The van der Waals surface area contributed by atoms with Gasteiger partial charge in [-0.15, -0.1) is 5.92 Å². The number of hydrogen-bond acceptors (Lipinski definition) is 4. The summed E-state index contributed by atoms with van der Waals surface area (Å²) in [6.45, 7) is 1.98. The molecule has 1 aliphatic carbocycles. The Bertz CT molecular complexity index is 637. The maximum Gasteiger partial charge on any atom is 0.265 e. The van der Waals surface area contributed by atoms with Crippen molar-refractivity contribution in [2.24, 2.45) is 0 Å². The molecule has 1 N–H and O–H groups in total. The summed E-state index contributed by atoms with van der Waals surface area (Å²) in [5.41, 5.74) is 0. The predicted molar refractivity (Wildman–Crippen MR) is 83.1 cm³/mol.